The Labute approximate surface area is 71.0 Å². The van der Waals surface area contributed by atoms with Crippen LogP contribution in [0.5, 0.6) is 0 Å². The molecule has 0 aliphatic rings. The van der Waals surface area contributed by atoms with Gasteiger partial charge in [0.25, 0.3) is 0 Å². The largest absolute Gasteiger partial charge is 0.0998 e. The van der Waals surface area contributed by atoms with Crippen molar-refractivity contribution in [3.05, 3.63) is 24.3 Å². The van der Waals surface area contributed by atoms with Crippen molar-refractivity contribution in [2.75, 3.05) is 0 Å². The fourth-order valence-corrected chi connectivity index (χ4v) is 0.721. The van der Waals surface area contributed by atoms with Crippen LogP contribution in [0.1, 0.15) is 40.5 Å². The van der Waals surface area contributed by atoms with Crippen LogP contribution in [0.4, 0.5) is 0 Å². The van der Waals surface area contributed by atoms with E-state index in [0.717, 1.165) is 12.8 Å². The maximum Gasteiger partial charge on any atom is -0.0144 e. The van der Waals surface area contributed by atoms with Crippen LogP contribution in [0, 0.1) is 5.41 Å². The molecular formula is C11H20. The van der Waals surface area contributed by atoms with Crippen LogP contribution in [-0.4, -0.2) is 0 Å². The highest BCUT2D eigenvalue weighted by Gasteiger charge is 2.05. The third-order valence-electron chi connectivity index (χ3n) is 1.36. The van der Waals surface area contributed by atoms with Crippen molar-refractivity contribution in [3.63, 3.8) is 0 Å². The molecule has 0 saturated heterocycles. The monoisotopic (exact) mass is 152 g/mol. The standard InChI is InChI=1S/C11H20/c1-10(2)8-6-7-9-11(3,4)5/h6-7H,1,8-9H2,2-5H3/b7-6+. The zero-order valence-corrected chi connectivity index (χ0v) is 8.28. The Balaban J connectivity index is 3.53. The Kier molecular flexibility index (Phi) is 4.17. The average molecular weight is 152 g/mol. The summed E-state index contributed by atoms with van der Waals surface area (Å²) in [6, 6.07) is 0. The quantitative estimate of drug-likeness (QED) is 0.537. The minimum atomic E-state index is 0.422. The lowest BCUT2D eigenvalue weighted by molar-refractivity contribution is 0.420. The van der Waals surface area contributed by atoms with Crippen LogP contribution in [0.15, 0.2) is 24.3 Å². The van der Waals surface area contributed by atoms with Crippen molar-refractivity contribution in [3.8, 4) is 0 Å². The van der Waals surface area contributed by atoms with Crippen LogP contribution < -0.4 is 0 Å². The van der Waals surface area contributed by atoms with Gasteiger partial charge in [0.2, 0.25) is 0 Å². The van der Waals surface area contributed by atoms with Crippen LogP contribution in [0.3, 0.4) is 0 Å². The second-order valence-corrected chi connectivity index (χ2v) is 4.40. The third kappa shape index (κ3) is 9.48. The maximum atomic E-state index is 3.84. The highest BCUT2D eigenvalue weighted by Crippen LogP contribution is 2.18. The van der Waals surface area contributed by atoms with E-state index in [4.69, 9.17) is 0 Å². The highest BCUT2D eigenvalue weighted by atomic mass is 14.1. The van der Waals surface area contributed by atoms with Gasteiger partial charge in [-0.05, 0) is 25.2 Å². The van der Waals surface area contributed by atoms with E-state index in [1.165, 1.54) is 5.57 Å². The molecule has 0 rings (SSSR count). The van der Waals surface area contributed by atoms with Gasteiger partial charge in [-0.15, -0.1) is 0 Å². The van der Waals surface area contributed by atoms with Crippen molar-refractivity contribution >= 4 is 0 Å². The fraction of sp³-hybridized carbons (Fsp3) is 0.636. The predicted molar refractivity (Wildman–Crippen MR) is 52.6 cm³/mol. The molecule has 0 atom stereocenters. The van der Waals surface area contributed by atoms with Crippen molar-refractivity contribution < 1.29 is 0 Å². The average Bonchev–Trinajstić information content (AvgIpc) is 1.78. The van der Waals surface area contributed by atoms with Gasteiger partial charge in [-0.2, -0.15) is 0 Å². The Morgan fingerprint density at radius 1 is 1.27 bits per heavy atom. The van der Waals surface area contributed by atoms with Gasteiger partial charge < -0.3 is 0 Å². The molecule has 0 aromatic carbocycles. The van der Waals surface area contributed by atoms with Crippen molar-refractivity contribution in [2.45, 2.75) is 40.5 Å². The summed E-state index contributed by atoms with van der Waals surface area (Å²) in [6.07, 6.45) is 6.62. The smallest absolute Gasteiger partial charge is 0.0144 e. The molecule has 0 bridgehead atoms. The molecule has 11 heavy (non-hydrogen) atoms. The highest BCUT2D eigenvalue weighted by molar-refractivity contribution is 4.99. The lowest BCUT2D eigenvalue weighted by Gasteiger charge is -2.14. The number of allylic oxidation sites excluding steroid dienone is 3. The van der Waals surface area contributed by atoms with Crippen LogP contribution in [0.25, 0.3) is 0 Å². The van der Waals surface area contributed by atoms with Crippen molar-refractivity contribution in [1.29, 1.82) is 0 Å². The summed E-state index contributed by atoms with van der Waals surface area (Å²) in [5, 5.41) is 0. The molecule has 0 aromatic heterocycles. The van der Waals surface area contributed by atoms with Gasteiger partial charge >= 0.3 is 0 Å². The molecule has 0 spiro atoms. The molecule has 0 aromatic rings. The Morgan fingerprint density at radius 3 is 2.18 bits per heavy atom. The van der Waals surface area contributed by atoms with E-state index in [9.17, 15) is 0 Å². The predicted octanol–water partition coefficient (Wildman–Crippen LogP) is 3.95. The normalized spacial score (nSPS) is 12.4. The molecule has 0 amide bonds. The van der Waals surface area contributed by atoms with E-state index in [1.54, 1.807) is 0 Å². The Hall–Kier alpha value is -0.520. The molecule has 0 heteroatoms. The van der Waals surface area contributed by atoms with E-state index in [0.29, 0.717) is 5.41 Å². The van der Waals surface area contributed by atoms with Crippen LogP contribution in [-0.2, 0) is 0 Å². The van der Waals surface area contributed by atoms with E-state index in [-0.39, 0.29) is 0 Å². The topological polar surface area (TPSA) is 0 Å². The van der Waals surface area contributed by atoms with Crippen molar-refractivity contribution in [1.82, 2.24) is 0 Å². The lowest BCUT2D eigenvalue weighted by Crippen LogP contribution is -2.01. The first-order valence-electron chi connectivity index (χ1n) is 4.21. The fourth-order valence-electron chi connectivity index (χ4n) is 0.721. The second-order valence-electron chi connectivity index (χ2n) is 4.40. The SMILES string of the molecule is C=C(C)C/C=C/CC(C)(C)C. The summed E-state index contributed by atoms with van der Waals surface area (Å²) in [5.74, 6) is 0. The maximum absolute atomic E-state index is 3.84. The summed E-state index contributed by atoms with van der Waals surface area (Å²) >= 11 is 0. The minimum absolute atomic E-state index is 0.422. The first-order valence-corrected chi connectivity index (χ1v) is 4.21. The van der Waals surface area contributed by atoms with Gasteiger partial charge in [0.05, 0.1) is 0 Å². The van der Waals surface area contributed by atoms with Gasteiger partial charge in [-0.1, -0.05) is 45.1 Å². The number of hydrogen-bond donors (Lipinski definition) is 0. The lowest BCUT2D eigenvalue weighted by atomic mass is 9.92. The number of rotatable bonds is 3. The second kappa shape index (κ2) is 4.38. The summed E-state index contributed by atoms with van der Waals surface area (Å²) in [7, 11) is 0. The van der Waals surface area contributed by atoms with Gasteiger partial charge in [0.15, 0.2) is 0 Å². The summed E-state index contributed by atoms with van der Waals surface area (Å²) in [5.41, 5.74) is 1.65. The first kappa shape index (κ1) is 10.5. The van der Waals surface area contributed by atoms with E-state index in [2.05, 4.69) is 46.4 Å². The zero-order valence-electron chi connectivity index (χ0n) is 8.28. The third-order valence-corrected chi connectivity index (χ3v) is 1.36. The minimum Gasteiger partial charge on any atom is -0.0998 e. The van der Waals surface area contributed by atoms with Gasteiger partial charge in [-0.3, -0.25) is 0 Å². The van der Waals surface area contributed by atoms with E-state index >= 15 is 0 Å². The molecule has 0 saturated carbocycles. The van der Waals surface area contributed by atoms with Crippen LogP contribution in [0.2, 0.25) is 0 Å². The molecule has 0 nitrogen and oxygen atoms in total. The van der Waals surface area contributed by atoms with E-state index < -0.39 is 0 Å². The van der Waals surface area contributed by atoms with Gasteiger partial charge in [-0.25, -0.2) is 0 Å². The molecule has 0 N–H and O–H groups in total. The molecule has 0 aliphatic heterocycles. The first-order chi connectivity index (χ1) is 4.92. The molecule has 64 valence electrons. The Bertz CT molecular complexity index is 144. The van der Waals surface area contributed by atoms with Gasteiger partial charge in [0, 0.05) is 0 Å². The zero-order chi connectivity index (χ0) is 8.91. The number of hydrogen-bond acceptors (Lipinski definition) is 0. The molecule has 0 unspecified atom stereocenters. The summed E-state index contributed by atoms with van der Waals surface area (Å²) in [6.45, 7) is 12.6. The summed E-state index contributed by atoms with van der Waals surface area (Å²) in [4.78, 5) is 0. The van der Waals surface area contributed by atoms with Gasteiger partial charge in [0.1, 0.15) is 0 Å². The van der Waals surface area contributed by atoms with Crippen LogP contribution >= 0.6 is 0 Å². The van der Waals surface area contributed by atoms with E-state index in [1.807, 2.05) is 0 Å². The molecule has 0 fully saturated rings. The Morgan fingerprint density at radius 2 is 1.82 bits per heavy atom. The van der Waals surface area contributed by atoms with Crippen molar-refractivity contribution in [2.24, 2.45) is 5.41 Å². The molecular weight excluding hydrogens is 132 g/mol. The molecule has 0 radical (unpaired) electrons. The molecule has 0 aliphatic carbocycles. The molecule has 0 heterocycles. The summed E-state index contributed by atoms with van der Waals surface area (Å²) < 4.78 is 0.